The van der Waals surface area contributed by atoms with Crippen LogP contribution in [0, 0.1) is 0 Å². The number of carbonyl (C=O) groups is 3. The minimum absolute atomic E-state index is 0.0927. The highest BCUT2D eigenvalue weighted by Gasteiger charge is 2.19. The van der Waals surface area contributed by atoms with Crippen LogP contribution < -0.4 is 0 Å². The molecule has 408 valence electrons. The van der Waals surface area contributed by atoms with Gasteiger partial charge in [0.2, 0.25) is 0 Å². The van der Waals surface area contributed by atoms with Crippen LogP contribution in [0.2, 0.25) is 0 Å². The SMILES string of the molecule is CC/C=C\C/C=C\C/C=C\C/C=C\C/C=C\CCCCCC(=O)OC[C@@H](COC(=O)CCCCCCC/C=C\CCCCCCCC)OC(=O)CCCCCCCCC/C=C\CCCCCCCCCC. The van der Waals surface area contributed by atoms with Gasteiger partial charge in [0, 0.05) is 19.3 Å². The maximum atomic E-state index is 12.9. The second-order valence-electron chi connectivity index (χ2n) is 19.9. The summed E-state index contributed by atoms with van der Waals surface area (Å²) in [6.45, 7) is 6.50. The molecule has 0 aromatic carbocycles. The summed E-state index contributed by atoms with van der Waals surface area (Å²) in [5, 5.41) is 0. The molecule has 0 saturated carbocycles. The molecular formula is C65H112O6. The van der Waals surface area contributed by atoms with Crippen molar-refractivity contribution < 1.29 is 28.6 Å². The lowest BCUT2D eigenvalue weighted by Gasteiger charge is -2.18. The molecule has 0 aliphatic rings. The number of ether oxygens (including phenoxy) is 3. The standard InChI is InChI=1S/C65H112O6/c1-4-7-10-13-16-19-22-25-28-30-32-34-37-40-43-46-49-52-55-58-64(67)70-61-62(60-69-63(66)57-54-51-48-45-42-39-36-27-24-21-18-15-12-9-6-3)71-65(68)59-56-53-50-47-44-41-38-35-33-31-29-26-23-20-17-14-11-8-5-2/h7,10,16,19,25,27-28,31-34,36,40,43,62H,4-6,8-9,11-15,17-18,20-24,26,29-30,35,37-39,41-42,44-61H2,1-3H3/b10-7-,19-16-,28-25-,33-31-,34-32-,36-27-,43-40-/t62-/m1/s1. The number of hydrogen-bond donors (Lipinski definition) is 0. The summed E-state index contributed by atoms with van der Waals surface area (Å²) in [4.78, 5) is 38.2. The average molecular weight is 990 g/mol. The van der Waals surface area contributed by atoms with E-state index in [2.05, 4.69) is 106 Å². The predicted molar refractivity (Wildman–Crippen MR) is 307 cm³/mol. The van der Waals surface area contributed by atoms with Crippen LogP contribution in [0.1, 0.15) is 290 Å². The van der Waals surface area contributed by atoms with Gasteiger partial charge in [-0.2, -0.15) is 0 Å². The third-order valence-electron chi connectivity index (χ3n) is 12.9. The van der Waals surface area contributed by atoms with E-state index in [0.717, 1.165) is 103 Å². The number of hydrogen-bond acceptors (Lipinski definition) is 6. The van der Waals surface area contributed by atoms with Crippen LogP contribution in [0.15, 0.2) is 85.1 Å². The van der Waals surface area contributed by atoms with Crippen molar-refractivity contribution in [2.24, 2.45) is 0 Å². The molecule has 0 bridgehead atoms. The molecule has 0 aliphatic carbocycles. The minimum Gasteiger partial charge on any atom is -0.462 e. The Morgan fingerprint density at radius 3 is 0.887 bits per heavy atom. The van der Waals surface area contributed by atoms with Crippen LogP contribution in [0.25, 0.3) is 0 Å². The van der Waals surface area contributed by atoms with E-state index in [4.69, 9.17) is 14.2 Å². The summed E-state index contributed by atoms with van der Waals surface area (Å²) < 4.78 is 16.9. The molecule has 0 spiro atoms. The van der Waals surface area contributed by atoms with E-state index in [0.29, 0.717) is 19.3 Å². The van der Waals surface area contributed by atoms with E-state index in [-0.39, 0.29) is 31.1 Å². The van der Waals surface area contributed by atoms with Crippen molar-refractivity contribution in [3.63, 3.8) is 0 Å². The largest absolute Gasteiger partial charge is 0.462 e. The lowest BCUT2D eigenvalue weighted by molar-refractivity contribution is -0.167. The normalized spacial score (nSPS) is 12.7. The second kappa shape index (κ2) is 59.2. The van der Waals surface area contributed by atoms with E-state index < -0.39 is 6.10 Å². The van der Waals surface area contributed by atoms with Gasteiger partial charge in [-0.1, -0.05) is 241 Å². The smallest absolute Gasteiger partial charge is 0.306 e. The molecule has 0 unspecified atom stereocenters. The Labute approximate surface area is 439 Å². The lowest BCUT2D eigenvalue weighted by Crippen LogP contribution is -2.30. The lowest BCUT2D eigenvalue weighted by atomic mass is 10.1. The van der Waals surface area contributed by atoms with Gasteiger partial charge in [0.1, 0.15) is 13.2 Å². The number of rotatable bonds is 54. The first-order chi connectivity index (χ1) is 35.0. The molecule has 1 atom stereocenters. The fourth-order valence-electron chi connectivity index (χ4n) is 8.34. The Balaban J connectivity index is 4.45. The Morgan fingerprint density at radius 2 is 0.549 bits per heavy atom. The van der Waals surface area contributed by atoms with E-state index >= 15 is 0 Å². The fraction of sp³-hybridized carbons (Fsp3) is 0.738. The summed E-state index contributed by atoms with van der Waals surface area (Å²) in [5.74, 6) is -0.930. The average Bonchev–Trinajstić information content (AvgIpc) is 3.37. The molecule has 0 amide bonds. The first kappa shape index (κ1) is 67.6. The Hall–Kier alpha value is -3.41. The first-order valence-electron chi connectivity index (χ1n) is 30.1. The molecule has 0 fully saturated rings. The van der Waals surface area contributed by atoms with Crippen molar-refractivity contribution in [2.45, 2.75) is 297 Å². The Bertz CT molecular complexity index is 1370. The minimum atomic E-state index is -0.797. The van der Waals surface area contributed by atoms with Crippen molar-refractivity contribution in [2.75, 3.05) is 13.2 Å². The summed E-state index contributed by atoms with van der Waals surface area (Å²) in [7, 11) is 0. The molecule has 0 aromatic rings. The van der Waals surface area contributed by atoms with Gasteiger partial charge >= 0.3 is 17.9 Å². The van der Waals surface area contributed by atoms with Gasteiger partial charge in [-0.15, -0.1) is 0 Å². The monoisotopic (exact) mass is 989 g/mol. The van der Waals surface area contributed by atoms with Crippen LogP contribution in [-0.2, 0) is 28.6 Å². The Morgan fingerprint density at radius 1 is 0.296 bits per heavy atom. The summed E-state index contributed by atoms with van der Waals surface area (Å²) in [6, 6.07) is 0. The van der Waals surface area contributed by atoms with Gasteiger partial charge in [0.25, 0.3) is 0 Å². The number of esters is 3. The van der Waals surface area contributed by atoms with E-state index in [1.807, 2.05) is 0 Å². The van der Waals surface area contributed by atoms with Crippen LogP contribution >= 0.6 is 0 Å². The van der Waals surface area contributed by atoms with Gasteiger partial charge in [-0.3, -0.25) is 14.4 Å². The molecule has 6 heteroatoms. The zero-order valence-electron chi connectivity index (χ0n) is 46.7. The quantitative estimate of drug-likeness (QED) is 0.0261. The topological polar surface area (TPSA) is 78.9 Å². The number of allylic oxidation sites excluding steroid dienone is 14. The van der Waals surface area contributed by atoms with Gasteiger partial charge in [0.05, 0.1) is 0 Å². The van der Waals surface area contributed by atoms with Crippen molar-refractivity contribution in [3.8, 4) is 0 Å². The third-order valence-corrected chi connectivity index (χ3v) is 12.9. The molecule has 0 N–H and O–H groups in total. The number of unbranched alkanes of at least 4 members (excludes halogenated alkanes) is 29. The third kappa shape index (κ3) is 57.4. The van der Waals surface area contributed by atoms with Crippen LogP contribution in [0.3, 0.4) is 0 Å². The number of carbonyl (C=O) groups excluding carboxylic acids is 3. The predicted octanol–water partition coefficient (Wildman–Crippen LogP) is 20.3. The zero-order valence-corrected chi connectivity index (χ0v) is 46.7. The maximum Gasteiger partial charge on any atom is 0.306 e. The van der Waals surface area contributed by atoms with Gasteiger partial charge in [-0.05, 0) is 116 Å². The summed E-state index contributed by atoms with van der Waals surface area (Å²) in [5.41, 5.74) is 0. The highest BCUT2D eigenvalue weighted by molar-refractivity contribution is 5.71. The van der Waals surface area contributed by atoms with Crippen molar-refractivity contribution in [1.82, 2.24) is 0 Å². The molecule has 0 saturated heterocycles. The molecule has 0 heterocycles. The van der Waals surface area contributed by atoms with E-state index in [9.17, 15) is 14.4 Å². The van der Waals surface area contributed by atoms with E-state index in [1.54, 1.807) is 0 Å². The van der Waals surface area contributed by atoms with Crippen molar-refractivity contribution >= 4 is 17.9 Å². The fourth-order valence-corrected chi connectivity index (χ4v) is 8.34. The molecule has 0 rings (SSSR count). The van der Waals surface area contributed by atoms with Crippen LogP contribution in [-0.4, -0.2) is 37.2 Å². The van der Waals surface area contributed by atoms with Crippen molar-refractivity contribution in [1.29, 1.82) is 0 Å². The summed E-state index contributed by atoms with van der Waals surface area (Å²) in [6.07, 6.45) is 77.2. The maximum absolute atomic E-state index is 12.9. The van der Waals surface area contributed by atoms with Gasteiger partial charge in [-0.25, -0.2) is 0 Å². The van der Waals surface area contributed by atoms with Crippen molar-refractivity contribution in [3.05, 3.63) is 85.1 Å². The molecular weight excluding hydrogens is 877 g/mol. The molecule has 71 heavy (non-hydrogen) atoms. The summed E-state index contributed by atoms with van der Waals surface area (Å²) >= 11 is 0. The zero-order chi connectivity index (χ0) is 51.4. The highest BCUT2D eigenvalue weighted by atomic mass is 16.6. The highest BCUT2D eigenvalue weighted by Crippen LogP contribution is 2.15. The Kier molecular flexibility index (Phi) is 56.3. The molecule has 0 radical (unpaired) electrons. The van der Waals surface area contributed by atoms with Gasteiger partial charge < -0.3 is 14.2 Å². The van der Waals surface area contributed by atoms with Gasteiger partial charge in [0.15, 0.2) is 6.10 Å². The van der Waals surface area contributed by atoms with E-state index in [1.165, 1.54) is 148 Å². The molecule has 6 nitrogen and oxygen atoms in total. The van der Waals surface area contributed by atoms with Crippen LogP contribution in [0.4, 0.5) is 0 Å². The molecule has 0 aliphatic heterocycles. The second-order valence-corrected chi connectivity index (χ2v) is 19.9. The molecule has 0 aromatic heterocycles. The van der Waals surface area contributed by atoms with Crippen LogP contribution in [0.5, 0.6) is 0 Å². The first-order valence-corrected chi connectivity index (χ1v) is 30.1.